The molecular formula is C73H130O6. The summed E-state index contributed by atoms with van der Waals surface area (Å²) in [6.45, 7) is 6.57. The Hall–Kier alpha value is -3.15. The highest BCUT2D eigenvalue weighted by molar-refractivity contribution is 5.71. The fraction of sp³-hybridized carbons (Fsp3) is 0.795. The maximum absolute atomic E-state index is 13.0. The molecule has 0 spiro atoms. The van der Waals surface area contributed by atoms with Crippen LogP contribution >= 0.6 is 0 Å². The van der Waals surface area contributed by atoms with Gasteiger partial charge in [0, 0.05) is 19.3 Å². The van der Waals surface area contributed by atoms with Crippen molar-refractivity contribution in [1.82, 2.24) is 0 Å². The number of carbonyl (C=O) groups is 3. The van der Waals surface area contributed by atoms with Gasteiger partial charge in [-0.2, -0.15) is 0 Å². The Labute approximate surface area is 491 Å². The molecule has 0 fully saturated rings. The molecule has 0 aliphatic heterocycles. The quantitative estimate of drug-likeness (QED) is 0.0261. The molecular weight excluding hydrogens is 973 g/mol. The van der Waals surface area contributed by atoms with Crippen molar-refractivity contribution >= 4 is 17.9 Å². The van der Waals surface area contributed by atoms with E-state index in [1.165, 1.54) is 205 Å². The maximum Gasteiger partial charge on any atom is 0.306 e. The molecule has 0 rings (SSSR count). The van der Waals surface area contributed by atoms with Gasteiger partial charge in [-0.3, -0.25) is 14.4 Å². The molecule has 0 amide bonds. The summed E-state index contributed by atoms with van der Waals surface area (Å²) in [7, 11) is 0. The van der Waals surface area contributed by atoms with Gasteiger partial charge in [0.1, 0.15) is 13.2 Å². The maximum atomic E-state index is 13.0. The molecule has 0 aromatic heterocycles. The highest BCUT2D eigenvalue weighted by Gasteiger charge is 2.19. The van der Waals surface area contributed by atoms with Crippen LogP contribution in [0.3, 0.4) is 0 Å². The van der Waals surface area contributed by atoms with Crippen molar-refractivity contribution in [3.05, 3.63) is 72.9 Å². The van der Waals surface area contributed by atoms with Gasteiger partial charge in [0.15, 0.2) is 6.10 Å². The number of hydrogen-bond donors (Lipinski definition) is 0. The number of carbonyl (C=O) groups excluding carboxylic acids is 3. The molecule has 79 heavy (non-hydrogen) atoms. The summed E-state index contributed by atoms with van der Waals surface area (Å²) in [5.41, 5.74) is 0. The minimum absolute atomic E-state index is 0.0787. The van der Waals surface area contributed by atoms with E-state index in [9.17, 15) is 14.4 Å². The van der Waals surface area contributed by atoms with Gasteiger partial charge in [-0.05, 0) is 70.6 Å². The molecule has 0 N–H and O–H groups in total. The van der Waals surface area contributed by atoms with E-state index in [4.69, 9.17) is 14.2 Å². The number of hydrogen-bond acceptors (Lipinski definition) is 6. The van der Waals surface area contributed by atoms with Gasteiger partial charge in [-0.25, -0.2) is 0 Å². The second-order valence-corrected chi connectivity index (χ2v) is 23.1. The summed E-state index contributed by atoms with van der Waals surface area (Å²) in [5, 5.41) is 0. The van der Waals surface area contributed by atoms with E-state index >= 15 is 0 Å². The van der Waals surface area contributed by atoms with Crippen LogP contribution in [0.4, 0.5) is 0 Å². The van der Waals surface area contributed by atoms with E-state index in [2.05, 4.69) is 93.7 Å². The summed E-state index contributed by atoms with van der Waals surface area (Å²) >= 11 is 0. The van der Waals surface area contributed by atoms with E-state index in [0.717, 1.165) is 109 Å². The van der Waals surface area contributed by atoms with Crippen LogP contribution in [0.15, 0.2) is 72.9 Å². The molecule has 0 bridgehead atoms. The normalized spacial score (nSPS) is 12.5. The lowest BCUT2D eigenvalue weighted by Crippen LogP contribution is -2.30. The summed E-state index contributed by atoms with van der Waals surface area (Å²) in [4.78, 5) is 38.4. The molecule has 6 heteroatoms. The largest absolute Gasteiger partial charge is 0.462 e. The smallest absolute Gasteiger partial charge is 0.306 e. The van der Waals surface area contributed by atoms with Crippen molar-refractivity contribution in [3.63, 3.8) is 0 Å². The first kappa shape index (κ1) is 75.8. The van der Waals surface area contributed by atoms with Gasteiger partial charge in [0.05, 0.1) is 0 Å². The number of allylic oxidation sites excluding steroid dienone is 12. The van der Waals surface area contributed by atoms with Crippen molar-refractivity contribution in [2.45, 2.75) is 361 Å². The molecule has 0 heterocycles. The van der Waals surface area contributed by atoms with Gasteiger partial charge in [-0.1, -0.05) is 338 Å². The topological polar surface area (TPSA) is 78.9 Å². The van der Waals surface area contributed by atoms with Gasteiger partial charge in [0.2, 0.25) is 0 Å². The summed E-state index contributed by atoms with van der Waals surface area (Å²) in [5.74, 6) is -0.881. The van der Waals surface area contributed by atoms with Crippen molar-refractivity contribution < 1.29 is 28.6 Å². The second-order valence-electron chi connectivity index (χ2n) is 23.1. The first-order valence-electron chi connectivity index (χ1n) is 34.4. The lowest BCUT2D eigenvalue weighted by Gasteiger charge is -2.18. The lowest BCUT2D eigenvalue weighted by atomic mass is 10.0. The Bertz CT molecular complexity index is 1450. The zero-order valence-corrected chi connectivity index (χ0v) is 52.6. The van der Waals surface area contributed by atoms with Crippen LogP contribution in [-0.4, -0.2) is 37.2 Å². The zero-order chi connectivity index (χ0) is 57.1. The molecule has 1 atom stereocenters. The van der Waals surface area contributed by atoms with Gasteiger partial charge in [-0.15, -0.1) is 0 Å². The molecule has 0 aromatic carbocycles. The van der Waals surface area contributed by atoms with Crippen molar-refractivity contribution in [2.75, 3.05) is 13.2 Å². The Morgan fingerprint density at radius 3 is 0.772 bits per heavy atom. The molecule has 0 aliphatic rings. The SMILES string of the molecule is CC/C=C\C/C=C\C/C=C\C/C=C\C/C=C\C/C=C\CCCCCCC(=O)OCC(COC(=O)CCCCCCCCCCCCCCCCCCC)OC(=O)CCCCCCCCCCCCCCCCCCCCCCC. The number of esters is 3. The van der Waals surface area contributed by atoms with Gasteiger partial charge >= 0.3 is 17.9 Å². The molecule has 0 saturated carbocycles. The van der Waals surface area contributed by atoms with Crippen LogP contribution < -0.4 is 0 Å². The van der Waals surface area contributed by atoms with Gasteiger partial charge in [0.25, 0.3) is 0 Å². The first-order chi connectivity index (χ1) is 39.0. The van der Waals surface area contributed by atoms with Gasteiger partial charge < -0.3 is 14.2 Å². The fourth-order valence-electron chi connectivity index (χ4n) is 10.1. The van der Waals surface area contributed by atoms with E-state index < -0.39 is 6.10 Å². The highest BCUT2D eigenvalue weighted by atomic mass is 16.6. The van der Waals surface area contributed by atoms with Crippen LogP contribution in [0.25, 0.3) is 0 Å². The summed E-state index contributed by atoms with van der Waals surface area (Å²) in [6.07, 6.45) is 87.7. The molecule has 6 nitrogen and oxygen atoms in total. The lowest BCUT2D eigenvalue weighted by molar-refractivity contribution is -0.167. The van der Waals surface area contributed by atoms with Crippen LogP contribution in [0, 0.1) is 0 Å². The average Bonchev–Trinajstić information content (AvgIpc) is 3.45. The third-order valence-corrected chi connectivity index (χ3v) is 15.2. The van der Waals surface area contributed by atoms with Crippen LogP contribution in [0.2, 0.25) is 0 Å². The fourth-order valence-corrected chi connectivity index (χ4v) is 10.1. The average molecular weight is 1100 g/mol. The summed E-state index contributed by atoms with van der Waals surface area (Å²) < 4.78 is 17.0. The highest BCUT2D eigenvalue weighted by Crippen LogP contribution is 2.18. The Balaban J connectivity index is 4.38. The minimum Gasteiger partial charge on any atom is -0.462 e. The molecule has 458 valence electrons. The zero-order valence-electron chi connectivity index (χ0n) is 52.6. The number of ether oxygens (including phenoxy) is 3. The van der Waals surface area contributed by atoms with E-state index in [-0.39, 0.29) is 31.1 Å². The number of unbranched alkanes of at least 4 members (excludes halogenated alkanes) is 40. The predicted octanol–water partition coefficient (Wildman–Crippen LogP) is 23.7. The molecule has 1 unspecified atom stereocenters. The predicted molar refractivity (Wildman–Crippen MR) is 344 cm³/mol. The minimum atomic E-state index is -0.785. The van der Waals surface area contributed by atoms with E-state index in [1.54, 1.807) is 0 Å². The van der Waals surface area contributed by atoms with Crippen LogP contribution in [-0.2, 0) is 28.6 Å². The molecule has 0 aliphatic carbocycles. The van der Waals surface area contributed by atoms with E-state index in [1.807, 2.05) is 0 Å². The first-order valence-corrected chi connectivity index (χ1v) is 34.4. The third kappa shape index (κ3) is 65.5. The monoisotopic (exact) mass is 1100 g/mol. The van der Waals surface area contributed by atoms with Crippen molar-refractivity contribution in [2.24, 2.45) is 0 Å². The second kappa shape index (κ2) is 67.4. The Kier molecular flexibility index (Phi) is 64.7. The van der Waals surface area contributed by atoms with Crippen molar-refractivity contribution in [1.29, 1.82) is 0 Å². The standard InChI is InChI=1S/C73H130O6/c1-4-7-10-13-16-19-22-25-28-31-33-35-36-38-39-42-45-48-51-54-57-60-63-66-72(75)78-69-70(68-77-71(74)65-62-59-56-53-50-47-44-41-30-27-24-21-18-15-12-9-6-3)79-73(76)67-64-61-58-55-52-49-46-43-40-37-34-32-29-26-23-20-17-14-11-8-5-2/h7,10,16,19,25,28,33,35,38-39,45,48,70H,4-6,8-9,11-15,17-18,20-24,26-27,29-32,34,36-37,40-44,46-47,49-69H2,1-3H3/b10-7-,19-16-,28-25-,35-33-,39-38-,48-45-. The molecule has 0 radical (unpaired) electrons. The van der Waals surface area contributed by atoms with Crippen LogP contribution in [0.5, 0.6) is 0 Å². The Morgan fingerprint density at radius 2 is 0.494 bits per heavy atom. The van der Waals surface area contributed by atoms with E-state index in [0.29, 0.717) is 19.3 Å². The summed E-state index contributed by atoms with van der Waals surface area (Å²) in [6, 6.07) is 0. The third-order valence-electron chi connectivity index (χ3n) is 15.2. The molecule has 0 aromatic rings. The Morgan fingerprint density at radius 1 is 0.266 bits per heavy atom. The van der Waals surface area contributed by atoms with Crippen LogP contribution in [0.1, 0.15) is 355 Å². The number of rotatable bonds is 63. The molecule has 0 saturated heterocycles. The van der Waals surface area contributed by atoms with Crippen molar-refractivity contribution in [3.8, 4) is 0 Å².